The van der Waals surface area contributed by atoms with Crippen molar-refractivity contribution in [2.45, 2.75) is 57.5 Å². The topological polar surface area (TPSA) is 43.6 Å². The number of aryl methyl sites for hydroxylation is 2. The van der Waals surface area contributed by atoms with Crippen LogP contribution in [0.5, 0.6) is 0 Å². The number of benzene rings is 1. The number of fused-ring (bicyclic) bond motifs is 2. The highest BCUT2D eigenvalue weighted by molar-refractivity contribution is 7.99. The average molecular weight is 395 g/mol. The number of thioether (sulfide) groups is 1. The summed E-state index contributed by atoms with van der Waals surface area (Å²) in [5.74, 6) is 5.58. The van der Waals surface area contributed by atoms with Gasteiger partial charge in [-0.2, -0.15) is 4.68 Å². The Morgan fingerprint density at radius 1 is 1.07 bits per heavy atom. The highest BCUT2D eigenvalue weighted by atomic mass is 32.2. The Morgan fingerprint density at radius 3 is 2.64 bits per heavy atom. The van der Waals surface area contributed by atoms with Crippen molar-refractivity contribution in [2.24, 2.45) is 29.6 Å². The lowest BCUT2D eigenvalue weighted by Crippen LogP contribution is -2.18. The fraction of sp³-hybridized carbons (Fsp3) is 0.609. The van der Waals surface area contributed by atoms with Gasteiger partial charge in [-0.15, -0.1) is 5.10 Å². The molecule has 1 aromatic carbocycles. The van der Waals surface area contributed by atoms with Crippen molar-refractivity contribution < 1.29 is 0 Å². The number of hydrogen-bond donors (Lipinski definition) is 0. The molecule has 3 saturated carbocycles. The molecule has 0 radical (unpaired) electrons. The van der Waals surface area contributed by atoms with Gasteiger partial charge in [-0.3, -0.25) is 0 Å². The molecule has 0 amide bonds. The van der Waals surface area contributed by atoms with E-state index in [0.29, 0.717) is 5.92 Å². The Hall–Kier alpha value is -1.62. The number of hydrogen-bond acceptors (Lipinski definition) is 4. The molecule has 1 aromatic heterocycles. The summed E-state index contributed by atoms with van der Waals surface area (Å²) < 4.78 is 1.89. The van der Waals surface area contributed by atoms with Gasteiger partial charge in [0.2, 0.25) is 5.16 Å². The first kappa shape index (κ1) is 18.4. The van der Waals surface area contributed by atoms with Crippen molar-refractivity contribution in [1.29, 1.82) is 0 Å². The van der Waals surface area contributed by atoms with Gasteiger partial charge in [0.15, 0.2) is 0 Å². The Morgan fingerprint density at radius 2 is 1.82 bits per heavy atom. The van der Waals surface area contributed by atoms with Crippen LogP contribution in [-0.2, 0) is 0 Å². The lowest BCUT2D eigenvalue weighted by Gasteiger charge is -2.29. The summed E-state index contributed by atoms with van der Waals surface area (Å²) in [6.45, 7) is 8.74. The van der Waals surface area contributed by atoms with Crippen LogP contribution in [-0.4, -0.2) is 26.0 Å². The SMILES string of the molecule is C=C(CSc1nnnn1-c1cc(C)ccc1C)C1CC2CC3CC(C2)C(C3)C1. The Balaban J connectivity index is 1.28. The van der Waals surface area contributed by atoms with E-state index in [9.17, 15) is 0 Å². The van der Waals surface area contributed by atoms with Crippen LogP contribution in [0.1, 0.15) is 49.7 Å². The third-order valence-corrected chi connectivity index (χ3v) is 8.47. The van der Waals surface area contributed by atoms with Crippen LogP contribution in [0.15, 0.2) is 35.5 Å². The second-order valence-electron chi connectivity index (χ2n) is 9.47. The van der Waals surface area contributed by atoms with E-state index in [-0.39, 0.29) is 0 Å². The number of aromatic nitrogens is 4. The molecule has 3 aliphatic carbocycles. The van der Waals surface area contributed by atoms with Crippen molar-refractivity contribution in [1.82, 2.24) is 20.2 Å². The molecule has 3 fully saturated rings. The van der Waals surface area contributed by atoms with Gasteiger partial charge in [0, 0.05) is 5.75 Å². The lowest BCUT2D eigenvalue weighted by molar-refractivity contribution is 0.245. The van der Waals surface area contributed by atoms with Gasteiger partial charge < -0.3 is 0 Å². The normalized spacial score (nSPS) is 31.1. The molecule has 5 unspecified atom stereocenters. The van der Waals surface area contributed by atoms with E-state index in [1.165, 1.54) is 55.2 Å². The van der Waals surface area contributed by atoms with Crippen molar-refractivity contribution in [3.63, 3.8) is 0 Å². The van der Waals surface area contributed by atoms with Crippen LogP contribution in [0.25, 0.3) is 5.69 Å². The van der Waals surface area contributed by atoms with Crippen molar-refractivity contribution in [3.8, 4) is 5.69 Å². The molecule has 28 heavy (non-hydrogen) atoms. The Labute approximate surface area is 172 Å². The molecular weight excluding hydrogens is 364 g/mol. The zero-order valence-corrected chi connectivity index (χ0v) is 17.8. The average Bonchev–Trinajstić information content (AvgIpc) is 3.21. The first-order valence-corrected chi connectivity index (χ1v) is 11.7. The molecule has 1 heterocycles. The van der Waals surface area contributed by atoms with E-state index in [0.717, 1.165) is 40.3 Å². The third-order valence-electron chi connectivity index (χ3n) is 7.44. The molecule has 4 nitrogen and oxygen atoms in total. The molecule has 148 valence electrons. The maximum absolute atomic E-state index is 4.52. The molecule has 0 N–H and O–H groups in total. The smallest absolute Gasteiger partial charge is 0.187 e. The molecule has 5 rings (SSSR count). The van der Waals surface area contributed by atoms with E-state index < -0.39 is 0 Å². The largest absolute Gasteiger partial charge is 0.214 e. The number of tetrazole rings is 1. The van der Waals surface area contributed by atoms with Crippen LogP contribution in [0, 0.1) is 43.4 Å². The zero-order valence-electron chi connectivity index (χ0n) is 17.0. The van der Waals surface area contributed by atoms with E-state index in [1.54, 1.807) is 11.8 Å². The molecule has 0 saturated heterocycles. The maximum Gasteiger partial charge on any atom is 0.214 e. The van der Waals surface area contributed by atoms with Gasteiger partial charge in [-0.1, -0.05) is 36.0 Å². The first-order chi connectivity index (χ1) is 13.6. The highest BCUT2D eigenvalue weighted by Crippen LogP contribution is 2.55. The standard InChI is InChI=1S/C23H30N4S/c1-14-4-5-15(2)22(6-14)27-23(24-25-26-27)28-13-16(3)19-8-17-7-18-10-20(9-17)21(11-18)12-19/h4-6,17-21H,3,7-13H2,1-2H3. The van der Waals surface area contributed by atoms with E-state index >= 15 is 0 Å². The summed E-state index contributed by atoms with van der Waals surface area (Å²) >= 11 is 1.74. The molecule has 0 spiro atoms. The van der Waals surface area contributed by atoms with Crippen molar-refractivity contribution in [3.05, 3.63) is 41.5 Å². The Kier molecular flexibility index (Phi) is 4.82. The predicted octanol–water partition coefficient (Wildman–Crippen LogP) is 5.39. The summed E-state index contributed by atoms with van der Waals surface area (Å²) in [5.41, 5.74) is 4.88. The molecule has 3 bridgehead atoms. The Bertz CT molecular complexity index is 886. The summed E-state index contributed by atoms with van der Waals surface area (Å²) in [4.78, 5) is 0. The van der Waals surface area contributed by atoms with Crippen LogP contribution in [0.4, 0.5) is 0 Å². The number of nitrogens with zero attached hydrogens (tertiary/aromatic N) is 4. The molecule has 5 heteroatoms. The van der Waals surface area contributed by atoms with Crippen molar-refractivity contribution in [2.75, 3.05) is 5.75 Å². The van der Waals surface area contributed by atoms with Crippen LogP contribution in [0.3, 0.4) is 0 Å². The van der Waals surface area contributed by atoms with Crippen LogP contribution < -0.4 is 0 Å². The minimum atomic E-state index is 0.691. The molecular formula is C23H30N4S. The van der Waals surface area contributed by atoms with Gasteiger partial charge in [0.1, 0.15) is 0 Å². The van der Waals surface area contributed by atoms with Gasteiger partial charge >= 0.3 is 0 Å². The van der Waals surface area contributed by atoms with Gasteiger partial charge in [-0.25, -0.2) is 0 Å². The summed E-state index contributed by atoms with van der Waals surface area (Å²) in [6, 6.07) is 6.42. The summed E-state index contributed by atoms with van der Waals surface area (Å²) in [6.07, 6.45) is 8.71. The van der Waals surface area contributed by atoms with Crippen LogP contribution in [0.2, 0.25) is 0 Å². The predicted molar refractivity (Wildman–Crippen MR) is 114 cm³/mol. The monoisotopic (exact) mass is 394 g/mol. The second kappa shape index (κ2) is 7.33. The van der Waals surface area contributed by atoms with Crippen LogP contribution >= 0.6 is 11.8 Å². The quantitative estimate of drug-likeness (QED) is 0.504. The molecule has 3 aliphatic rings. The zero-order chi connectivity index (χ0) is 19.3. The lowest BCUT2D eigenvalue weighted by atomic mass is 9.77. The summed E-state index contributed by atoms with van der Waals surface area (Å²) in [5, 5.41) is 13.4. The van der Waals surface area contributed by atoms with Gasteiger partial charge in [0.25, 0.3) is 0 Å². The molecule has 0 aliphatic heterocycles. The fourth-order valence-corrected chi connectivity index (χ4v) is 7.04. The van der Waals surface area contributed by atoms with Crippen molar-refractivity contribution >= 4 is 11.8 Å². The van der Waals surface area contributed by atoms with E-state index in [4.69, 9.17) is 0 Å². The van der Waals surface area contributed by atoms with Gasteiger partial charge in [0.05, 0.1) is 5.69 Å². The van der Waals surface area contributed by atoms with E-state index in [1.807, 2.05) is 4.68 Å². The molecule has 5 atom stereocenters. The van der Waals surface area contributed by atoms with Gasteiger partial charge in [-0.05, 0) is 110 Å². The second-order valence-corrected chi connectivity index (χ2v) is 10.4. The fourth-order valence-electron chi connectivity index (χ4n) is 6.14. The minimum Gasteiger partial charge on any atom is -0.187 e. The van der Waals surface area contributed by atoms with E-state index in [2.05, 4.69) is 54.2 Å². The summed E-state index contributed by atoms with van der Waals surface area (Å²) in [7, 11) is 0. The third kappa shape index (κ3) is 3.42. The highest BCUT2D eigenvalue weighted by Gasteiger charge is 2.44. The number of rotatable bonds is 5. The molecule has 2 aromatic rings. The minimum absolute atomic E-state index is 0.691. The maximum atomic E-state index is 4.52. The first-order valence-electron chi connectivity index (χ1n) is 10.7.